The number of fused-ring (bicyclic) bond motifs is 1. The first-order chi connectivity index (χ1) is 10.1. The highest BCUT2D eigenvalue weighted by Crippen LogP contribution is 2.33. The summed E-state index contributed by atoms with van der Waals surface area (Å²) < 4.78 is 15.0. The Labute approximate surface area is 121 Å². The van der Waals surface area contributed by atoms with Crippen LogP contribution in [0.25, 0.3) is 0 Å². The van der Waals surface area contributed by atoms with Crippen LogP contribution in [0.15, 0.2) is 30.5 Å². The number of nitrogens with two attached hydrogens (primary N) is 1. The van der Waals surface area contributed by atoms with Crippen molar-refractivity contribution in [3.63, 3.8) is 0 Å². The Morgan fingerprint density at radius 1 is 1.48 bits per heavy atom. The molecule has 1 aromatic heterocycles. The summed E-state index contributed by atoms with van der Waals surface area (Å²) >= 11 is 0. The molecule has 1 heterocycles. The summed E-state index contributed by atoms with van der Waals surface area (Å²) in [6.07, 6.45) is 3.92. The normalized spacial score (nSPS) is 16.7. The van der Waals surface area contributed by atoms with Crippen molar-refractivity contribution in [2.45, 2.75) is 31.8 Å². The summed E-state index contributed by atoms with van der Waals surface area (Å²) in [5, 5.41) is 7.66. The molecule has 0 spiro atoms. The minimum atomic E-state index is -0.347. The summed E-state index contributed by atoms with van der Waals surface area (Å²) in [6.45, 7) is 0.465. The molecule has 0 radical (unpaired) electrons. The van der Waals surface area contributed by atoms with Gasteiger partial charge in [-0.1, -0.05) is 6.07 Å². The van der Waals surface area contributed by atoms with Crippen LogP contribution >= 0.6 is 0 Å². The number of hydrogen-bond acceptors (Lipinski definition) is 3. The van der Waals surface area contributed by atoms with Crippen LogP contribution in [-0.2, 0) is 17.8 Å². The van der Waals surface area contributed by atoms with Crippen LogP contribution in [0.4, 0.5) is 10.2 Å². The van der Waals surface area contributed by atoms with Crippen LogP contribution in [0.1, 0.15) is 30.0 Å². The Kier molecular flexibility index (Phi) is 3.60. The molecule has 0 aliphatic heterocycles. The van der Waals surface area contributed by atoms with Gasteiger partial charge in [0, 0.05) is 25.2 Å². The van der Waals surface area contributed by atoms with Crippen molar-refractivity contribution in [2.24, 2.45) is 5.73 Å². The van der Waals surface area contributed by atoms with Crippen LogP contribution in [0.3, 0.4) is 0 Å². The van der Waals surface area contributed by atoms with Crippen molar-refractivity contribution in [3.05, 3.63) is 47.4 Å². The summed E-state index contributed by atoms with van der Waals surface area (Å²) in [4.78, 5) is 10.8. The van der Waals surface area contributed by atoms with Gasteiger partial charge in [-0.25, -0.2) is 4.39 Å². The molecule has 1 aliphatic carbocycles. The van der Waals surface area contributed by atoms with Crippen molar-refractivity contribution < 1.29 is 9.18 Å². The van der Waals surface area contributed by atoms with E-state index in [0.717, 1.165) is 24.2 Å². The Hall–Kier alpha value is -2.37. The standard InChI is InChI=1S/C15H17FN4O/c16-11-3-1-10-2-4-13(12(10)9-11)18-15-6-8-20(19-15)7-5-14(17)21/h1,3,6,8-9,13H,2,4-5,7H2,(H2,17,21)(H,18,19)/t13-/m1/s1. The highest BCUT2D eigenvalue weighted by atomic mass is 19.1. The largest absolute Gasteiger partial charge is 0.370 e. The SMILES string of the molecule is NC(=O)CCn1ccc(N[C@@H]2CCc3ccc(F)cc32)n1. The molecule has 0 saturated carbocycles. The molecule has 21 heavy (non-hydrogen) atoms. The summed E-state index contributed by atoms with van der Waals surface area (Å²) in [7, 11) is 0. The number of halogens is 1. The van der Waals surface area contributed by atoms with Gasteiger partial charge in [-0.05, 0) is 36.1 Å². The molecule has 110 valence electrons. The van der Waals surface area contributed by atoms with E-state index in [-0.39, 0.29) is 24.2 Å². The van der Waals surface area contributed by atoms with Gasteiger partial charge in [0.05, 0.1) is 6.04 Å². The molecule has 0 bridgehead atoms. The number of primary amides is 1. The zero-order valence-electron chi connectivity index (χ0n) is 11.6. The minimum absolute atomic E-state index is 0.0789. The van der Waals surface area contributed by atoms with Gasteiger partial charge in [0.2, 0.25) is 5.91 Å². The summed E-state index contributed by atoms with van der Waals surface area (Å²) in [5.74, 6) is 0.163. The lowest BCUT2D eigenvalue weighted by Gasteiger charge is -2.13. The number of nitrogens with zero attached hydrogens (tertiary/aromatic N) is 2. The fourth-order valence-corrected chi connectivity index (χ4v) is 2.69. The maximum absolute atomic E-state index is 13.4. The lowest BCUT2D eigenvalue weighted by molar-refractivity contribution is -0.118. The van der Waals surface area contributed by atoms with Crippen LogP contribution < -0.4 is 11.1 Å². The van der Waals surface area contributed by atoms with Crippen LogP contribution in [0.5, 0.6) is 0 Å². The molecule has 2 aromatic rings. The Morgan fingerprint density at radius 3 is 3.14 bits per heavy atom. The number of carbonyl (C=O) groups is 1. The molecular formula is C15H17FN4O. The van der Waals surface area contributed by atoms with Gasteiger partial charge >= 0.3 is 0 Å². The lowest BCUT2D eigenvalue weighted by Crippen LogP contribution is -2.14. The van der Waals surface area contributed by atoms with E-state index in [1.165, 1.54) is 11.6 Å². The van der Waals surface area contributed by atoms with Gasteiger partial charge in [0.25, 0.3) is 0 Å². The van der Waals surface area contributed by atoms with Gasteiger partial charge in [-0.2, -0.15) is 5.10 Å². The molecule has 0 fully saturated rings. The first-order valence-corrected chi connectivity index (χ1v) is 6.98. The zero-order valence-corrected chi connectivity index (χ0v) is 11.6. The van der Waals surface area contributed by atoms with E-state index in [4.69, 9.17) is 5.73 Å². The fraction of sp³-hybridized carbons (Fsp3) is 0.333. The quantitative estimate of drug-likeness (QED) is 0.883. The number of benzene rings is 1. The molecule has 5 nitrogen and oxygen atoms in total. The van der Waals surface area contributed by atoms with Gasteiger partial charge in [-0.3, -0.25) is 9.48 Å². The molecule has 1 amide bonds. The maximum Gasteiger partial charge on any atom is 0.219 e. The van der Waals surface area contributed by atoms with E-state index in [0.29, 0.717) is 6.54 Å². The predicted octanol–water partition coefficient (Wildman–Crippen LogP) is 2.00. The zero-order chi connectivity index (χ0) is 14.8. The number of nitrogens with one attached hydrogen (secondary N) is 1. The number of rotatable bonds is 5. The van der Waals surface area contributed by atoms with E-state index in [9.17, 15) is 9.18 Å². The van der Waals surface area contributed by atoms with Gasteiger partial charge in [-0.15, -0.1) is 0 Å². The number of hydrogen-bond donors (Lipinski definition) is 2. The second kappa shape index (κ2) is 5.55. The highest BCUT2D eigenvalue weighted by molar-refractivity contribution is 5.73. The third kappa shape index (κ3) is 3.04. The summed E-state index contributed by atoms with van der Waals surface area (Å²) in [5.41, 5.74) is 7.30. The van der Waals surface area contributed by atoms with E-state index in [1.807, 2.05) is 12.1 Å². The second-order valence-electron chi connectivity index (χ2n) is 5.26. The van der Waals surface area contributed by atoms with Crippen LogP contribution in [0, 0.1) is 5.82 Å². The molecule has 6 heteroatoms. The molecule has 3 N–H and O–H groups in total. The average molecular weight is 288 g/mol. The van der Waals surface area contributed by atoms with Crippen LogP contribution in [-0.4, -0.2) is 15.7 Å². The van der Waals surface area contributed by atoms with E-state index in [2.05, 4.69) is 10.4 Å². The van der Waals surface area contributed by atoms with E-state index in [1.54, 1.807) is 16.9 Å². The van der Waals surface area contributed by atoms with Gasteiger partial charge in [0.15, 0.2) is 0 Å². The Bertz CT molecular complexity index is 667. The topological polar surface area (TPSA) is 72.9 Å². The predicted molar refractivity (Wildman–Crippen MR) is 77.1 cm³/mol. The van der Waals surface area contributed by atoms with Gasteiger partial charge in [0.1, 0.15) is 11.6 Å². The van der Waals surface area contributed by atoms with E-state index < -0.39 is 0 Å². The fourth-order valence-electron chi connectivity index (χ4n) is 2.69. The smallest absolute Gasteiger partial charge is 0.219 e. The molecule has 1 atom stereocenters. The first-order valence-electron chi connectivity index (χ1n) is 6.98. The third-order valence-corrected chi connectivity index (χ3v) is 3.74. The number of carbonyl (C=O) groups excluding carboxylic acids is 1. The van der Waals surface area contributed by atoms with Gasteiger partial charge < -0.3 is 11.1 Å². The molecular weight excluding hydrogens is 271 g/mol. The maximum atomic E-state index is 13.4. The monoisotopic (exact) mass is 288 g/mol. The number of aryl methyl sites for hydroxylation is 2. The van der Waals surface area contributed by atoms with Crippen LogP contribution in [0.2, 0.25) is 0 Å². The number of aromatic nitrogens is 2. The Balaban J connectivity index is 1.68. The van der Waals surface area contributed by atoms with Crippen molar-refractivity contribution >= 4 is 11.7 Å². The molecule has 0 unspecified atom stereocenters. The van der Waals surface area contributed by atoms with Crippen molar-refractivity contribution in [1.29, 1.82) is 0 Å². The highest BCUT2D eigenvalue weighted by Gasteiger charge is 2.23. The first kappa shape index (κ1) is 13.6. The van der Waals surface area contributed by atoms with E-state index >= 15 is 0 Å². The molecule has 1 aliphatic rings. The second-order valence-corrected chi connectivity index (χ2v) is 5.26. The molecule has 3 rings (SSSR count). The summed E-state index contributed by atoms with van der Waals surface area (Å²) in [6, 6.07) is 6.86. The number of anilines is 1. The lowest BCUT2D eigenvalue weighted by atomic mass is 10.1. The van der Waals surface area contributed by atoms with Crippen molar-refractivity contribution in [1.82, 2.24) is 9.78 Å². The van der Waals surface area contributed by atoms with Crippen molar-refractivity contribution in [3.8, 4) is 0 Å². The molecule has 0 saturated heterocycles. The number of amides is 1. The average Bonchev–Trinajstić information content (AvgIpc) is 3.05. The molecule has 1 aromatic carbocycles. The minimum Gasteiger partial charge on any atom is -0.370 e. The Morgan fingerprint density at radius 2 is 2.33 bits per heavy atom. The third-order valence-electron chi connectivity index (χ3n) is 3.74. The van der Waals surface area contributed by atoms with Crippen molar-refractivity contribution in [2.75, 3.05) is 5.32 Å².